The van der Waals surface area contributed by atoms with Crippen molar-refractivity contribution in [1.29, 1.82) is 0 Å². The minimum Gasteiger partial charge on any atom is -0.462 e. The Kier molecular flexibility index (Phi) is 6.60. The monoisotopic (exact) mass is 180 g/mol. The van der Waals surface area contributed by atoms with Crippen LogP contribution < -0.4 is 0 Å². The lowest BCUT2D eigenvalue weighted by atomic mass is 10.3. The second kappa shape index (κ2) is 7.35. The van der Waals surface area contributed by atoms with E-state index in [1.165, 1.54) is 0 Å². The molecule has 0 aliphatic carbocycles. The van der Waals surface area contributed by atoms with Crippen LogP contribution in [-0.4, -0.2) is 12.6 Å². The highest BCUT2D eigenvalue weighted by molar-refractivity contribution is 5.90. The standard InChI is InChI=1S/C11H16O2/c1-4-6-8-10(3)11(12)13-9-7-5-2/h4,6,8H,1,3,5,7,9H2,2H3/b8-6+. The molecule has 72 valence electrons. The van der Waals surface area contributed by atoms with E-state index in [4.69, 9.17) is 4.74 Å². The molecule has 0 bridgehead atoms. The van der Waals surface area contributed by atoms with E-state index in [9.17, 15) is 4.79 Å². The Morgan fingerprint density at radius 1 is 1.54 bits per heavy atom. The van der Waals surface area contributed by atoms with Gasteiger partial charge in [-0.05, 0) is 12.5 Å². The molecular weight excluding hydrogens is 164 g/mol. The molecule has 13 heavy (non-hydrogen) atoms. The largest absolute Gasteiger partial charge is 0.462 e. The van der Waals surface area contributed by atoms with Crippen molar-refractivity contribution in [1.82, 2.24) is 0 Å². The summed E-state index contributed by atoms with van der Waals surface area (Å²) in [6.45, 7) is 9.56. The zero-order valence-electron chi connectivity index (χ0n) is 8.08. The van der Waals surface area contributed by atoms with Crippen molar-refractivity contribution >= 4 is 5.97 Å². The summed E-state index contributed by atoms with van der Waals surface area (Å²) in [6.07, 6.45) is 6.74. The quantitative estimate of drug-likeness (QED) is 0.272. The van der Waals surface area contributed by atoms with Gasteiger partial charge >= 0.3 is 5.97 Å². The van der Waals surface area contributed by atoms with Gasteiger partial charge in [0.05, 0.1) is 12.2 Å². The van der Waals surface area contributed by atoms with Crippen LogP contribution in [0.5, 0.6) is 0 Å². The maximum Gasteiger partial charge on any atom is 0.337 e. The third-order valence-corrected chi connectivity index (χ3v) is 1.43. The van der Waals surface area contributed by atoms with Gasteiger partial charge in [-0.3, -0.25) is 0 Å². The SMILES string of the molecule is C=C/C=C/C(=C)C(=O)OCCCC. The molecule has 0 heterocycles. The first-order valence-corrected chi connectivity index (χ1v) is 4.37. The van der Waals surface area contributed by atoms with Crippen LogP contribution in [0.1, 0.15) is 19.8 Å². The highest BCUT2D eigenvalue weighted by Gasteiger charge is 2.03. The highest BCUT2D eigenvalue weighted by atomic mass is 16.5. The number of ether oxygens (including phenoxy) is 1. The van der Waals surface area contributed by atoms with Gasteiger partial charge in [0.2, 0.25) is 0 Å². The molecule has 0 saturated heterocycles. The summed E-state index contributed by atoms with van der Waals surface area (Å²) in [5.74, 6) is -0.355. The number of carbonyl (C=O) groups is 1. The number of esters is 1. The van der Waals surface area contributed by atoms with E-state index in [1.807, 2.05) is 6.92 Å². The number of carbonyl (C=O) groups excluding carboxylic acids is 1. The summed E-state index contributed by atoms with van der Waals surface area (Å²) < 4.78 is 4.92. The minimum atomic E-state index is -0.355. The fourth-order valence-corrected chi connectivity index (χ4v) is 0.654. The van der Waals surface area contributed by atoms with Crippen molar-refractivity contribution in [3.05, 3.63) is 37.0 Å². The van der Waals surface area contributed by atoms with E-state index in [0.717, 1.165) is 12.8 Å². The number of hydrogen-bond acceptors (Lipinski definition) is 2. The van der Waals surface area contributed by atoms with Crippen LogP contribution in [0.25, 0.3) is 0 Å². The summed E-state index contributed by atoms with van der Waals surface area (Å²) in [5.41, 5.74) is 0.357. The average Bonchev–Trinajstić information content (AvgIpc) is 2.14. The first-order valence-electron chi connectivity index (χ1n) is 4.37. The van der Waals surface area contributed by atoms with E-state index in [1.54, 1.807) is 18.2 Å². The van der Waals surface area contributed by atoms with Crippen molar-refractivity contribution in [2.24, 2.45) is 0 Å². The Bertz CT molecular complexity index is 214. The maximum atomic E-state index is 11.1. The summed E-state index contributed by atoms with van der Waals surface area (Å²) in [6, 6.07) is 0. The normalized spacial score (nSPS) is 9.92. The lowest BCUT2D eigenvalue weighted by Gasteiger charge is -2.02. The molecule has 0 N–H and O–H groups in total. The summed E-state index contributed by atoms with van der Waals surface area (Å²) >= 11 is 0. The van der Waals surface area contributed by atoms with Crippen molar-refractivity contribution in [3.63, 3.8) is 0 Å². The van der Waals surface area contributed by atoms with Crippen LogP contribution >= 0.6 is 0 Å². The van der Waals surface area contributed by atoms with Crippen molar-refractivity contribution in [2.75, 3.05) is 6.61 Å². The highest BCUT2D eigenvalue weighted by Crippen LogP contribution is 1.98. The molecule has 0 rings (SSSR count). The van der Waals surface area contributed by atoms with Crippen LogP contribution in [0.2, 0.25) is 0 Å². The maximum absolute atomic E-state index is 11.1. The topological polar surface area (TPSA) is 26.3 Å². The van der Waals surface area contributed by atoms with Gasteiger partial charge in [0, 0.05) is 0 Å². The molecule has 0 fully saturated rings. The van der Waals surface area contributed by atoms with Crippen LogP contribution in [-0.2, 0) is 9.53 Å². The molecule has 2 nitrogen and oxygen atoms in total. The van der Waals surface area contributed by atoms with Gasteiger partial charge in [-0.15, -0.1) is 0 Å². The minimum absolute atomic E-state index is 0.355. The zero-order chi connectivity index (χ0) is 10.1. The molecule has 2 heteroatoms. The Morgan fingerprint density at radius 2 is 2.23 bits per heavy atom. The zero-order valence-corrected chi connectivity index (χ0v) is 8.08. The molecule has 0 aliphatic rings. The second-order valence-electron chi connectivity index (χ2n) is 2.61. The predicted octanol–water partition coefficient (Wildman–Crippen LogP) is 2.63. The number of allylic oxidation sites excluding steroid dienone is 2. The Labute approximate surface area is 79.6 Å². The van der Waals surface area contributed by atoms with E-state index in [0.29, 0.717) is 12.2 Å². The van der Waals surface area contributed by atoms with Crippen LogP contribution in [0.4, 0.5) is 0 Å². The third-order valence-electron chi connectivity index (χ3n) is 1.43. The fourth-order valence-electron chi connectivity index (χ4n) is 0.654. The molecular formula is C11H16O2. The lowest BCUT2D eigenvalue weighted by molar-refractivity contribution is -0.138. The van der Waals surface area contributed by atoms with Crippen LogP contribution in [0, 0.1) is 0 Å². The third kappa shape index (κ3) is 5.91. The molecule has 0 amide bonds. The van der Waals surface area contributed by atoms with Gasteiger partial charge < -0.3 is 4.74 Å². The Balaban J connectivity index is 3.76. The number of unbranched alkanes of at least 4 members (excludes halogenated alkanes) is 1. The molecule has 0 atom stereocenters. The molecule has 0 spiro atoms. The van der Waals surface area contributed by atoms with Gasteiger partial charge in [-0.2, -0.15) is 0 Å². The van der Waals surface area contributed by atoms with Crippen LogP contribution in [0.3, 0.4) is 0 Å². The molecule has 0 saturated carbocycles. The smallest absolute Gasteiger partial charge is 0.337 e. The average molecular weight is 180 g/mol. The molecule has 0 radical (unpaired) electrons. The number of rotatable bonds is 6. The second-order valence-corrected chi connectivity index (χ2v) is 2.61. The Hall–Kier alpha value is -1.31. The van der Waals surface area contributed by atoms with Gasteiger partial charge in [-0.1, -0.05) is 38.7 Å². The fraction of sp³-hybridized carbons (Fsp3) is 0.364. The molecule has 0 aromatic rings. The Morgan fingerprint density at radius 3 is 2.77 bits per heavy atom. The number of hydrogen-bond donors (Lipinski definition) is 0. The first-order chi connectivity index (χ1) is 6.22. The van der Waals surface area contributed by atoms with Gasteiger partial charge in [0.1, 0.15) is 0 Å². The first kappa shape index (κ1) is 11.7. The van der Waals surface area contributed by atoms with Gasteiger partial charge in [0.15, 0.2) is 0 Å². The lowest BCUT2D eigenvalue weighted by Crippen LogP contribution is -2.06. The summed E-state index contributed by atoms with van der Waals surface area (Å²) in [5, 5.41) is 0. The van der Waals surface area contributed by atoms with E-state index in [2.05, 4.69) is 13.2 Å². The summed E-state index contributed by atoms with van der Waals surface area (Å²) in [4.78, 5) is 11.1. The molecule has 0 aromatic heterocycles. The van der Waals surface area contributed by atoms with Crippen molar-refractivity contribution in [3.8, 4) is 0 Å². The molecule has 0 unspecified atom stereocenters. The van der Waals surface area contributed by atoms with Gasteiger partial charge in [0.25, 0.3) is 0 Å². The van der Waals surface area contributed by atoms with Gasteiger partial charge in [-0.25, -0.2) is 4.79 Å². The van der Waals surface area contributed by atoms with E-state index >= 15 is 0 Å². The molecule has 0 aliphatic heterocycles. The van der Waals surface area contributed by atoms with E-state index < -0.39 is 0 Å². The van der Waals surface area contributed by atoms with E-state index in [-0.39, 0.29) is 5.97 Å². The molecule has 0 aromatic carbocycles. The van der Waals surface area contributed by atoms with Crippen LogP contribution in [0.15, 0.2) is 37.0 Å². The van der Waals surface area contributed by atoms with Crippen molar-refractivity contribution < 1.29 is 9.53 Å². The predicted molar refractivity (Wildman–Crippen MR) is 54.3 cm³/mol. The van der Waals surface area contributed by atoms with Crippen molar-refractivity contribution in [2.45, 2.75) is 19.8 Å². The summed E-state index contributed by atoms with van der Waals surface area (Å²) in [7, 11) is 0.